The van der Waals surface area contributed by atoms with Crippen molar-refractivity contribution in [2.24, 2.45) is 5.92 Å². The van der Waals surface area contributed by atoms with Crippen molar-refractivity contribution >= 4 is 29.5 Å². The molecule has 0 saturated heterocycles. The van der Waals surface area contributed by atoms with Gasteiger partial charge in [0.1, 0.15) is 18.0 Å². The Kier molecular flexibility index (Phi) is 6.07. The lowest BCUT2D eigenvalue weighted by Gasteiger charge is -2.25. The Morgan fingerprint density at radius 2 is 2.23 bits per heavy atom. The molecule has 4 rings (SSSR count). The van der Waals surface area contributed by atoms with E-state index in [1.807, 2.05) is 29.8 Å². The van der Waals surface area contributed by atoms with Gasteiger partial charge in [-0.3, -0.25) is 4.79 Å². The SMILES string of the molecule is Cc1cc2c([nH]1)CCC(CNC1CCC(Oc3ccsc3)C1O)C2=O.Cl. The summed E-state index contributed by atoms with van der Waals surface area (Å²) >= 11 is 1.59. The second kappa shape index (κ2) is 8.13. The van der Waals surface area contributed by atoms with E-state index < -0.39 is 6.10 Å². The molecule has 3 N–H and O–H groups in total. The fourth-order valence-electron chi connectivity index (χ4n) is 4.01. The number of aliphatic hydroxyl groups excluding tert-OH is 1. The molecule has 5 nitrogen and oxygen atoms in total. The Balaban J connectivity index is 0.00000196. The first-order chi connectivity index (χ1) is 12.1. The summed E-state index contributed by atoms with van der Waals surface area (Å²) in [6.45, 7) is 2.61. The number of hydrogen-bond acceptors (Lipinski definition) is 5. The summed E-state index contributed by atoms with van der Waals surface area (Å²) in [7, 11) is 0. The van der Waals surface area contributed by atoms with Crippen molar-refractivity contribution in [3.63, 3.8) is 0 Å². The molecular weight excluding hydrogens is 372 g/mol. The first-order valence-corrected chi connectivity index (χ1v) is 9.89. The number of fused-ring (bicyclic) bond motifs is 1. The molecule has 4 atom stereocenters. The van der Waals surface area contributed by atoms with E-state index in [-0.39, 0.29) is 36.3 Å². The van der Waals surface area contributed by atoms with Crippen LogP contribution in [0.2, 0.25) is 0 Å². The number of Topliss-reactive ketones (excluding diaryl/α,β-unsaturated/α-hetero) is 1. The largest absolute Gasteiger partial charge is 0.487 e. The number of thiophene rings is 1. The van der Waals surface area contributed by atoms with Crippen molar-refractivity contribution < 1.29 is 14.6 Å². The van der Waals surface area contributed by atoms with Gasteiger partial charge in [-0.2, -0.15) is 0 Å². The fourth-order valence-corrected chi connectivity index (χ4v) is 4.57. The van der Waals surface area contributed by atoms with E-state index in [0.29, 0.717) is 6.54 Å². The van der Waals surface area contributed by atoms with Crippen LogP contribution < -0.4 is 10.1 Å². The molecule has 0 amide bonds. The zero-order valence-electron chi connectivity index (χ0n) is 14.7. The molecule has 2 aliphatic rings. The molecule has 4 unspecified atom stereocenters. The number of hydrogen-bond donors (Lipinski definition) is 3. The minimum Gasteiger partial charge on any atom is -0.487 e. The molecule has 2 aliphatic carbocycles. The average Bonchev–Trinajstić information content (AvgIpc) is 3.30. The highest BCUT2D eigenvalue weighted by atomic mass is 35.5. The van der Waals surface area contributed by atoms with Crippen LogP contribution >= 0.6 is 23.7 Å². The van der Waals surface area contributed by atoms with Crippen LogP contribution in [0.1, 0.15) is 41.0 Å². The molecule has 7 heteroatoms. The van der Waals surface area contributed by atoms with Crippen molar-refractivity contribution in [1.82, 2.24) is 10.3 Å². The molecule has 26 heavy (non-hydrogen) atoms. The molecule has 0 spiro atoms. The van der Waals surface area contributed by atoms with Crippen LogP contribution in [0, 0.1) is 12.8 Å². The third kappa shape index (κ3) is 3.83. The summed E-state index contributed by atoms with van der Waals surface area (Å²) in [5.41, 5.74) is 2.97. The van der Waals surface area contributed by atoms with E-state index in [1.54, 1.807) is 11.3 Å². The number of H-pyrrole nitrogens is 1. The lowest BCUT2D eigenvalue weighted by molar-refractivity contribution is 0.0444. The number of carbonyl (C=O) groups is 1. The van der Waals surface area contributed by atoms with Gasteiger partial charge in [0.05, 0.1) is 0 Å². The van der Waals surface area contributed by atoms with Crippen LogP contribution in [0.5, 0.6) is 5.75 Å². The number of ketones is 1. The Bertz CT molecular complexity index is 746. The van der Waals surface area contributed by atoms with E-state index in [2.05, 4.69) is 10.3 Å². The van der Waals surface area contributed by atoms with E-state index in [0.717, 1.165) is 48.4 Å². The second-order valence-electron chi connectivity index (χ2n) is 7.14. The van der Waals surface area contributed by atoms with Crippen LogP contribution in [-0.2, 0) is 6.42 Å². The van der Waals surface area contributed by atoms with Gasteiger partial charge in [-0.25, -0.2) is 0 Å². The molecule has 0 aromatic carbocycles. The number of carbonyl (C=O) groups excluding carboxylic acids is 1. The van der Waals surface area contributed by atoms with Gasteiger partial charge in [-0.1, -0.05) is 0 Å². The Morgan fingerprint density at radius 1 is 1.38 bits per heavy atom. The van der Waals surface area contributed by atoms with E-state index in [1.165, 1.54) is 0 Å². The topological polar surface area (TPSA) is 74.3 Å². The number of aromatic amines is 1. The third-order valence-electron chi connectivity index (χ3n) is 5.38. The minimum absolute atomic E-state index is 0. The van der Waals surface area contributed by atoms with Gasteiger partial charge >= 0.3 is 0 Å². The van der Waals surface area contributed by atoms with Gasteiger partial charge in [0.15, 0.2) is 5.78 Å². The molecule has 0 bridgehead atoms. The number of ether oxygens (including phenoxy) is 1. The number of rotatable bonds is 5. The highest BCUT2D eigenvalue weighted by molar-refractivity contribution is 7.08. The average molecular weight is 397 g/mol. The van der Waals surface area contributed by atoms with Gasteiger partial charge < -0.3 is 20.1 Å². The molecule has 2 aromatic rings. The standard InChI is InChI=1S/C19H24N2O3S.ClH/c1-11-8-14-15(21-11)3-2-12(18(14)22)9-20-16-4-5-17(19(16)23)24-13-6-7-25-10-13;/h6-8,10,12,16-17,19-21,23H,2-5,9H2,1H3;1H. The van der Waals surface area contributed by atoms with Gasteiger partial charge in [0.2, 0.25) is 0 Å². The number of nitrogens with one attached hydrogen (secondary N) is 2. The molecule has 0 radical (unpaired) electrons. The van der Waals surface area contributed by atoms with Crippen molar-refractivity contribution in [2.45, 2.75) is 50.9 Å². The van der Waals surface area contributed by atoms with Crippen molar-refractivity contribution in [3.05, 3.63) is 39.8 Å². The molecule has 2 aromatic heterocycles. The lowest BCUT2D eigenvalue weighted by atomic mass is 9.86. The van der Waals surface area contributed by atoms with E-state index >= 15 is 0 Å². The maximum absolute atomic E-state index is 12.6. The summed E-state index contributed by atoms with van der Waals surface area (Å²) < 4.78 is 5.87. The Hall–Kier alpha value is -1.34. The zero-order chi connectivity index (χ0) is 17.4. The van der Waals surface area contributed by atoms with E-state index in [4.69, 9.17) is 4.74 Å². The van der Waals surface area contributed by atoms with Gasteiger partial charge in [0.25, 0.3) is 0 Å². The summed E-state index contributed by atoms with van der Waals surface area (Å²) in [4.78, 5) is 15.9. The monoisotopic (exact) mass is 396 g/mol. The first kappa shape index (κ1) is 19.4. The summed E-state index contributed by atoms with van der Waals surface area (Å²) in [5.74, 6) is 1.04. The Labute approximate surface area is 163 Å². The van der Waals surface area contributed by atoms with Gasteiger partial charge in [0, 0.05) is 40.8 Å². The lowest BCUT2D eigenvalue weighted by Crippen LogP contribution is -2.44. The highest BCUT2D eigenvalue weighted by Gasteiger charge is 2.37. The summed E-state index contributed by atoms with van der Waals surface area (Å²) in [6.07, 6.45) is 2.76. The van der Waals surface area contributed by atoms with Crippen molar-refractivity contribution in [2.75, 3.05) is 6.54 Å². The van der Waals surface area contributed by atoms with Gasteiger partial charge in [-0.05, 0) is 50.1 Å². The van der Waals surface area contributed by atoms with Crippen LogP contribution in [0.4, 0.5) is 0 Å². The maximum atomic E-state index is 12.6. The highest BCUT2D eigenvalue weighted by Crippen LogP contribution is 2.28. The Morgan fingerprint density at radius 3 is 3.00 bits per heavy atom. The van der Waals surface area contributed by atoms with Crippen molar-refractivity contribution in [1.29, 1.82) is 0 Å². The number of aliphatic hydroxyl groups is 1. The molecule has 142 valence electrons. The summed E-state index contributed by atoms with van der Waals surface area (Å²) in [6, 6.07) is 3.87. The number of halogens is 1. The summed E-state index contributed by atoms with van der Waals surface area (Å²) in [5, 5.41) is 17.9. The predicted molar refractivity (Wildman–Crippen MR) is 105 cm³/mol. The quantitative estimate of drug-likeness (QED) is 0.726. The minimum atomic E-state index is -0.538. The second-order valence-corrected chi connectivity index (χ2v) is 7.92. The molecule has 2 heterocycles. The normalized spacial score (nSPS) is 27.8. The first-order valence-electron chi connectivity index (χ1n) is 8.95. The zero-order valence-corrected chi connectivity index (χ0v) is 16.4. The molecule has 1 fully saturated rings. The fraction of sp³-hybridized carbons (Fsp3) is 0.526. The van der Waals surface area contributed by atoms with Crippen LogP contribution in [-0.4, -0.2) is 40.7 Å². The van der Waals surface area contributed by atoms with E-state index in [9.17, 15) is 9.90 Å². The van der Waals surface area contributed by atoms with Crippen LogP contribution in [0.15, 0.2) is 22.9 Å². The molecule has 0 aliphatic heterocycles. The number of aryl methyl sites for hydroxylation is 2. The third-order valence-corrected chi connectivity index (χ3v) is 6.04. The molecule has 1 saturated carbocycles. The maximum Gasteiger partial charge on any atom is 0.169 e. The smallest absolute Gasteiger partial charge is 0.169 e. The van der Waals surface area contributed by atoms with Crippen molar-refractivity contribution in [3.8, 4) is 5.75 Å². The van der Waals surface area contributed by atoms with Crippen LogP contribution in [0.3, 0.4) is 0 Å². The predicted octanol–water partition coefficient (Wildman–Crippen LogP) is 3.11. The van der Waals surface area contributed by atoms with Crippen LogP contribution in [0.25, 0.3) is 0 Å². The molecular formula is C19H25ClN2O3S. The number of aromatic nitrogens is 1. The van der Waals surface area contributed by atoms with Gasteiger partial charge in [-0.15, -0.1) is 23.7 Å².